The molecule has 1 aromatic heterocycles. The molecule has 4 heteroatoms. The van der Waals surface area contributed by atoms with Gasteiger partial charge in [-0.15, -0.1) is 0 Å². The van der Waals surface area contributed by atoms with Crippen LogP contribution in [0.25, 0.3) is 0 Å². The molecule has 1 heterocycles. The lowest BCUT2D eigenvalue weighted by Crippen LogP contribution is -2.22. The van der Waals surface area contributed by atoms with Gasteiger partial charge in [0.05, 0.1) is 18.1 Å². The van der Waals surface area contributed by atoms with Crippen molar-refractivity contribution in [3.8, 4) is 12.1 Å². The van der Waals surface area contributed by atoms with Gasteiger partial charge in [-0.25, -0.2) is 4.98 Å². The Morgan fingerprint density at radius 2 is 2.11 bits per heavy atom. The molecule has 0 aromatic carbocycles. The zero-order chi connectivity index (χ0) is 13.0. The fourth-order valence-corrected chi connectivity index (χ4v) is 2.32. The molecule has 0 saturated heterocycles. The van der Waals surface area contributed by atoms with Gasteiger partial charge in [0, 0.05) is 19.3 Å². The van der Waals surface area contributed by atoms with E-state index in [1.54, 1.807) is 0 Å². The van der Waals surface area contributed by atoms with Crippen molar-refractivity contribution in [1.82, 2.24) is 4.98 Å². The second-order valence-electron chi connectivity index (χ2n) is 4.61. The summed E-state index contributed by atoms with van der Waals surface area (Å²) in [6.07, 6.45) is 4.83. The molecule has 0 unspecified atom stereocenters. The first-order valence-electron chi connectivity index (χ1n) is 6.27. The zero-order valence-corrected chi connectivity index (χ0v) is 10.6. The Labute approximate surface area is 107 Å². The third-order valence-corrected chi connectivity index (χ3v) is 3.32. The lowest BCUT2D eigenvalue weighted by atomic mass is 9.95. The first-order chi connectivity index (χ1) is 8.76. The van der Waals surface area contributed by atoms with Crippen LogP contribution < -0.4 is 4.90 Å². The van der Waals surface area contributed by atoms with Crippen molar-refractivity contribution < 1.29 is 0 Å². The van der Waals surface area contributed by atoms with Crippen molar-refractivity contribution in [3.05, 3.63) is 22.9 Å². The molecule has 18 heavy (non-hydrogen) atoms. The van der Waals surface area contributed by atoms with Crippen molar-refractivity contribution in [3.63, 3.8) is 0 Å². The minimum Gasteiger partial charge on any atom is -0.358 e. The molecule has 0 spiro atoms. The Morgan fingerprint density at radius 3 is 2.83 bits per heavy atom. The van der Waals surface area contributed by atoms with Gasteiger partial charge in [-0.2, -0.15) is 10.5 Å². The normalized spacial score (nSPS) is 13.3. The van der Waals surface area contributed by atoms with E-state index < -0.39 is 0 Å². The van der Waals surface area contributed by atoms with Crippen molar-refractivity contribution in [2.24, 2.45) is 0 Å². The highest BCUT2D eigenvalue weighted by molar-refractivity contribution is 5.56. The maximum absolute atomic E-state index is 9.21. The Morgan fingerprint density at radius 1 is 1.33 bits per heavy atom. The van der Waals surface area contributed by atoms with Gasteiger partial charge in [0.15, 0.2) is 0 Å². The first kappa shape index (κ1) is 12.4. The number of fused-ring (bicyclic) bond motifs is 1. The van der Waals surface area contributed by atoms with Crippen LogP contribution in [0.15, 0.2) is 6.07 Å². The van der Waals surface area contributed by atoms with E-state index in [1.807, 2.05) is 18.0 Å². The number of pyridine rings is 1. The highest BCUT2D eigenvalue weighted by Gasteiger charge is 2.17. The summed E-state index contributed by atoms with van der Waals surface area (Å²) in [6.45, 7) is 0.608. The summed E-state index contributed by atoms with van der Waals surface area (Å²) in [5.41, 5.74) is 2.96. The number of hydrogen-bond acceptors (Lipinski definition) is 4. The summed E-state index contributed by atoms with van der Waals surface area (Å²) < 4.78 is 0. The second kappa shape index (κ2) is 5.51. The monoisotopic (exact) mass is 240 g/mol. The topological polar surface area (TPSA) is 63.7 Å². The fraction of sp³-hybridized carbons (Fsp3) is 0.500. The van der Waals surface area contributed by atoms with Gasteiger partial charge in [-0.05, 0) is 37.3 Å². The summed E-state index contributed by atoms with van der Waals surface area (Å²) in [6, 6.07) is 6.30. The van der Waals surface area contributed by atoms with Gasteiger partial charge in [0.25, 0.3) is 0 Å². The molecule has 1 aliphatic rings. The van der Waals surface area contributed by atoms with Crippen LogP contribution in [0, 0.1) is 22.7 Å². The number of hydrogen-bond donors (Lipinski definition) is 0. The summed E-state index contributed by atoms with van der Waals surface area (Å²) in [5, 5.41) is 17.8. The van der Waals surface area contributed by atoms with Crippen LogP contribution in [0.5, 0.6) is 0 Å². The van der Waals surface area contributed by atoms with Crippen molar-refractivity contribution in [1.29, 1.82) is 10.5 Å². The van der Waals surface area contributed by atoms with Crippen LogP contribution >= 0.6 is 0 Å². The van der Waals surface area contributed by atoms with E-state index in [0.29, 0.717) is 24.3 Å². The first-order valence-corrected chi connectivity index (χ1v) is 6.27. The van der Waals surface area contributed by atoms with Crippen molar-refractivity contribution in [2.45, 2.75) is 32.1 Å². The summed E-state index contributed by atoms with van der Waals surface area (Å²) >= 11 is 0. The number of nitrogens with zero attached hydrogens (tertiary/aromatic N) is 4. The van der Waals surface area contributed by atoms with Crippen LogP contribution in [-0.4, -0.2) is 18.6 Å². The highest BCUT2D eigenvalue weighted by atomic mass is 15.2. The Bertz CT molecular complexity index is 522. The second-order valence-corrected chi connectivity index (χ2v) is 4.61. The van der Waals surface area contributed by atoms with E-state index in [0.717, 1.165) is 18.5 Å². The molecule has 92 valence electrons. The predicted molar refractivity (Wildman–Crippen MR) is 69.1 cm³/mol. The molecule has 0 saturated carbocycles. The van der Waals surface area contributed by atoms with E-state index in [1.165, 1.54) is 18.4 Å². The molecule has 0 radical (unpaired) electrons. The summed E-state index contributed by atoms with van der Waals surface area (Å²) in [4.78, 5) is 6.53. The number of anilines is 1. The van der Waals surface area contributed by atoms with Gasteiger partial charge in [0.2, 0.25) is 0 Å². The van der Waals surface area contributed by atoms with E-state index in [2.05, 4.69) is 17.1 Å². The summed E-state index contributed by atoms with van der Waals surface area (Å²) in [5.74, 6) is 0.716. The van der Waals surface area contributed by atoms with Crippen LogP contribution in [0.4, 0.5) is 5.82 Å². The molecular formula is C14H16N4. The third kappa shape index (κ3) is 2.43. The van der Waals surface area contributed by atoms with Gasteiger partial charge in [-0.3, -0.25) is 0 Å². The number of aromatic nitrogens is 1. The van der Waals surface area contributed by atoms with Gasteiger partial charge >= 0.3 is 0 Å². The van der Waals surface area contributed by atoms with Crippen LogP contribution in [0.2, 0.25) is 0 Å². The standard InChI is InChI=1S/C14H16N4/c1-18(8-4-7-15)14-12(10-16)9-11-5-2-3-6-13(11)17-14/h9H,2-6,8H2,1H3. The molecule has 2 rings (SSSR count). The maximum Gasteiger partial charge on any atom is 0.146 e. The Hall–Kier alpha value is -2.07. The SMILES string of the molecule is CN(CCC#N)c1nc2c(cc1C#N)CCCC2. The smallest absolute Gasteiger partial charge is 0.146 e. The average Bonchev–Trinajstić information content (AvgIpc) is 2.43. The molecule has 0 aliphatic heterocycles. The number of rotatable bonds is 3. The molecular weight excluding hydrogens is 224 g/mol. The molecule has 0 amide bonds. The zero-order valence-electron chi connectivity index (χ0n) is 10.6. The molecule has 4 nitrogen and oxygen atoms in total. The van der Waals surface area contributed by atoms with Crippen molar-refractivity contribution in [2.75, 3.05) is 18.5 Å². The van der Waals surface area contributed by atoms with Crippen molar-refractivity contribution >= 4 is 5.82 Å². The molecule has 0 N–H and O–H groups in total. The minimum atomic E-state index is 0.445. The quantitative estimate of drug-likeness (QED) is 0.812. The molecule has 0 bridgehead atoms. The van der Waals surface area contributed by atoms with E-state index in [-0.39, 0.29) is 0 Å². The van der Waals surface area contributed by atoms with Gasteiger partial charge in [-0.1, -0.05) is 0 Å². The van der Waals surface area contributed by atoms with Crippen LogP contribution in [0.1, 0.15) is 36.1 Å². The maximum atomic E-state index is 9.21. The van der Waals surface area contributed by atoms with Gasteiger partial charge < -0.3 is 4.90 Å². The molecule has 1 aliphatic carbocycles. The predicted octanol–water partition coefficient (Wildman–Crippen LogP) is 2.18. The molecule has 0 fully saturated rings. The van der Waals surface area contributed by atoms with E-state index >= 15 is 0 Å². The average molecular weight is 240 g/mol. The largest absolute Gasteiger partial charge is 0.358 e. The fourth-order valence-electron chi connectivity index (χ4n) is 2.32. The third-order valence-electron chi connectivity index (χ3n) is 3.32. The lowest BCUT2D eigenvalue weighted by molar-refractivity contribution is 0.665. The van der Waals surface area contributed by atoms with Crippen LogP contribution in [-0.2, 0) is 12.8 Å². The van der Waals surface area contributed by atoms with Crippen LogP contribution in [0.3, 0.4) is 0 Å². The summed E-state index contributed by atoms with van der Waals surface area (Å²) in [7, 11) is 1.88. The minimum absolute atomic E-state index is 0.445. The molecule has 1 aromatic rings. The number of aryl methyl sites for hydroxylation is 2. The number of nitriles is 2. The highest BCUT2D eigenvalue weighted by Crippen LogP contribution is 2.25. The Kier molecular flexibility index (Phi) is 3.79. The van der Waals surface area contributed by atoms with E-state index in [4.69, 9.17) is 5.26 Å². The molecule has 0 atom stereocenters. The van der Waals surface area contributed by atoms with Gasteiger partial charge in [0.1, 0.15) is 11.9 Å². The Balaban J connectivity index is 2.34. The lowest BCUT2D eigenvalue weighted by Gasteiger charge is -2.22. The van der Waals surface area contributed by atoms with E-state index in [9.17, 15) is 5.26 Å².